The Hall–Kier alpha value is -1.59. The number of hydrogen-bond acceptors (Lipinski definition) is 5. The summed E-state index contributed by atoms with van der Waals surface area (Å²) in [6, 6.07) is 3.76. The summed E-state index contributed by atoms with van der Waals surface area (Å²) in [5.41, 5.74) is -0.463. The Kier molecular flexibility index (Phi) is 3.29. The van der Waals surface area contributed by atoms with E-state index in [9.17, 15) is 15.0 Å². The minimum atomic E-state index is -1.37. The zero-order valence-electron chi connectivity index (χ0n) is 14.3. The Bertz CT molecular complexity index is 714. The summed E-state index contributed by atoms with van der Waals surface area (Å²) < 4.78 is 11.5. The molecule has 5 unspecified atom stereocenters. The van der Waals surface area contributed by atoms with E-state index < -0.39 is 23.2 Å². The maximum absolute atomic E-state index is 12.7. The molecule has 0 aromatic heterocycles. The zero-order chi connectivity index (χ0) is 17.3. The Balaban J connectivity index is 2.05. The number of hydrogen-bond donors (Lipinski definition) is 2. The van der Waals surface area contributed by atoms with Crippen molar-refractivity contribution in [2.45, 2.75) is 62.8 Å². The van der Waals surface area contributed by atoms with E-state index in [2.05, 4.69) is 0 Å². The maximum atomic E-state index is 12.7. The second-order valence-electron chi connectivity index (χ2n) is 7.56. The van der Waals surface area contributed by atoms with E-state index in [-0.39, 0.29) is 18.1 Å². The lowest BCUT2D eigenvalue weighted by molar-refractivity contribution is -0.213. The van der Waals surface area contributed by atoms with E-state index in [4.69, 9.17) is 9.47 Å². The highest BCUT2D eigenvalue weighted by Crippen LogP contribution is 2.63. The highest BCUT2D eigenvalue weighted by atomic mass is 16.5. The summed E-state index contributed by atoms with van der Waals surface area (Å²) in [4.78, 5) is 12.7. The Morgan fingerprint density at radius 3 is 2.83 bits per heavy atom. The number of fused-ring (bicyclic) bond motifs is 1. The lowest BCUT2D eigenvalue weighted by Gasteiger charge is -2.58. The van der Waals surface area contributed by atoms with Gasteiger partial charge in [-0.15, -0.1) is 0 Å². The summed E-state index contributed by atoms with van der Waals surface area (Å²) in [5.74, 6) is 0.871. The molecule has 1 aliphatic heterocycles. The second kappa shape index (κ2) is 4.96. The Morgan fingerprint density at radius 2 is 2.12 bits per heavy atom. The smallest absolute Gasteiger partial charge is 0.177 e. The van der Waals surface area contributed by atoms with Crippen LogP contribution in [0.3, 0.4) is 0 Å². The van der Waals surface area contributed by atoms with Crippen LogP contribution in [0, 0.1) is 12.8 Å². The van der Waals surface area contributed by atoms with Crippen molar-refractivity contribution in [2.24, 2.45) is 5.92 Å². The first kappa shape index (κ1) is 15.9. The molecule has 24 heavy (non-hydrogen) atoms. The quantitative estimate of drug-likeness (QED) is 0.821. The summed E-state index contributed by atoms with van der Waals surface area (Å²) in [6.07, 6.45) is 0.453. The Morgan fingerprint density at radius 1 is 1.38 bits per heavy atom. The van der Waals surface area contributed by atoms with Crippen LogP contribution in [0.4, 0.5) is 0 Å². The highest BCUT2D eigenvalue weighted by Gasteiger charge is 2.72. The zero-order valence-corrected chi connectivity index (χ0v) is 14.3. The molecule has 2 saturated carbocycles. The third kappa shape index (κ3) is 1.60. The normalized spacial score (nSPS) is 40.4. The van der Waals surface area contributed by atoms with E-state index >= 15 is 0 Å². The number of methoxy groups -OCH3 is 1. The fourth-order valence-electron chi connectivity index (χ4n) is 5.48. The summed E-state index contributed by atoms with van der Waals surface area (Å²) in [5, 5.41) is 22.5. The average molecular weight is 332 g/mol. The Labute approximate surface area is 141 Å². The highest BCUT2D eigenvalue weighted by molar-refractivity contribution is 5.90. The number of benzene rings is 1. The van der Waals surface area contributed by atoms with Crippen molar-refractivity contribution in [1.29, 1.82) is 0 Å². The first-order valence-corrected chi connectivity index (χ1v) is 8.65. The first-order chi connectivity index (χ1) is 11.4. The third-order valence-corrected chi connectivity index (χ3v) is 6.55. The van der Waals surface area contributed by atoms with Crippen LogP contribution >= 0.6 is 0 Å². The van der Waals surface area contributed by atoms with Crippen LogP contribution in [-0.4, -0.2) is 40.9 Å². The van der Waals surface area contributed by atoms with E-state index in [0.29, 0.717) is 17.9 Å². The molecular weight excluding hydrogens is 308 g/mol. The molecule has 2 N–H and O–H groups in total. The fraction of sp³-hybridized carbons (Fsp3) is 0.632. The van der Waals surface area contributed by atoms with Gasteiger partial charge in [-0.25, -0.2) is 0 Å². The molecule has 0 radical (unpaired) electrons. The SMILES string of the molecule is COc1ccc(C)c2c1OC1C(=O)CC(O)C3(O)C(C)CCCC213. The van der Waals surface area contributed by atoms with E-state index in [1.807, 2.05) is 26.0 Å². The van der Waals surface area contributed by atoms with Crippen LogP contribution in [0.1, 0.15) is 43.7 Å². The van der Waals surface area contributed by atoms with Crippen molar-refractivity contribution in [1.82, 2.24) is 0 Å². The number of carbonyl (C=O) groups excluding carboxylic acids is 1. The fourth-order valence-corrected chi connectivity index (χ4v) is 5.48. The van der Waals surface area contributed by atoms with Gasteiger partial charge in [0.1, 0.15) is 5.60 Å². The van der Waals surface area contributed by atoms with Crippen LogP contribution in [-0.2, 0) is 10.2 Å². The molecule has 0 amide bonds. The number of carbonyl (C=O) groups is 1. The van der Waals surface area contributed by atoms with Gasteiger partial charge in [0.15, 0.2) is 23.4 Å². The standard InChI is InChI=1S/C19H24O5/c1-10-6-7-13(23-3)16-15(10)18-8-4-5-11(2)19(18,22)14(21)9-12(20)17(18)24-16/h6-7,11,14,17,21-22H,4-5,8-9H2,1-3H3. The van der Waals surface area contributed by atoms with Crippen LogP contribution < -0.4 is 9.47 Å². The van der Waals surface area contributed by atoms with Crippen LogP contribution in [0.2, 0.25) is 0 Å². The van der Waals surface area contributed by atoms with Gasteiger partial charge in [0, 0.05) is 12.0 Å². The number of rotatable bonds is 1. The van der Waals surface area contributed by atoms with Gasteiger partial charge >= 0.3 is 0 Å². The molecule has 2 fully saturated rings. The lowest BCUT2D eigenvalue weighted by Crippen LogP contribution is -2.73. The molecule has 1 heterocycles. The molecule has 3 aliphatic rings. The van der Waals surface area contributed by atoms with Crippen molar-refractivity contribution in [3.05, 3.63) is 23.3 Å². The molecule has 0 bridgehead atoms. The van der Waals surface area contributed by atoms with Crippen LogP contribution in [0.25, 0.3) is 0 Å². The number of aryl methyl sites for hydroxylation is 1. The number of aliphatic hydroxyl groups excluding tert-OH is 1. The molecule has 1 aromatic rings. The van der Waals surface area contributed by atoms with Crippen molar-refractivity contribution in [3.63, 3.8) is 0 Å². The molecule has 4 rings (SSSR count). The van der Waals surface area contributed by atoms with E-state index in [1.54, 1.807) is 7.11 Å². The van der Waals surface area contributed by atoms with Gasteiger partial charge in [-0.1, -0.05) is 19.4 Å². The molecule has 130 valence electrons. The van der Waals surface area contributed by atoms with Gasteiger partial charge in [-0.3, -0.25) is 4.79 Å². The molecule has 5 nitrogen and oxygen atoms in total. The second-order valence-corrected chi connectivity index (χ2v) is 7.56. The summed E-state index contributed by atoms with van der Waals surface area (Å²) in [7, 11) is 1.57. The minimum Gasteiger partial charge on any atom is -0.493 e. The molecule has 2 aliphatic carbocycles. The number of Topliss-reactive ketones (excluding diaryl/α,β-unsaturated/α-hetero) is 1. The topological polar surface area (TPSA) is 76.0 Å². The van der Waals surface area contributed by atoms with Gasteiger partial charge < -0.3 is 19.7 Å². The van der Waals surface area contributed by atoms with Gasteiger partial charge in [0.25, 0.3) is 0 Å². The first-order valence-electron chi connectivity index (χ1n) is 8.65. The lowest BCUT2D eigenvalue weighted by atomic mass is 9.48. The number of aliphatic hydroxyl groups is 2. The third-order valence-electron chi connectivity index (χ3n) is 6.55. The molecule has 0 saturated heterocycles. The summed E-state index contributed by atoms with van der Waals surface area (Å²) >= 11 is 0. The molecular formula is C19H24O5. The van der Waals surface area contributed by atoms with Crippen LogP contribution in [0.15, 0.2) is 12.1 Å². The number of ether oxygens (including phenoxy) is 2. The molecule has 5 heteroatoms. The number of ketones is 1. The van der Waals surface area contributed by atoms with Crippen molar-refractivity contribution in [2.75, 3.05) is 7.11 Å². The monoisotopic (exact) mass is 332 g/mol. The predicted octanol–water partition coefficient (Wildman–Crippen LogP) is 1.89. The van der Waals surface area contributed by atoms with Crippen molar-refractivity contribution >= 4 is 5.78 Å². The molecule has 1 aromatic carbocycles. The predicted molar refractivity (Wildman–Crippen MR) is 87.4 cm³/mol. The van der Waals surface area contributed by atoms with E-state index in [0.717, 1.165) is 24.0 Å². The average Bonchev–Trinajstić information content (AvgIpc) is 2.90. The molecule has 5 atom stereocenters. The van der Waals surface area contributed by atoms with E-state index in [1.165, 1.54) is 0 Å². The van der Waals surface area contributed by atoms with Gasteiger partial charge in [-0.2, -0.15) is 0 Å². The van der Waals surface area contributed by atoms with Gasteiger partial charge in [0.2, 0.25) is 0 Å². The summed E-state index contributed by atoms with van der Waals surface area (Å²) in [6.45, 7) is 3.93. The maximum Gasteiger partial charge on any atom is 0.177 e. The van der Waals surface area contributed by atoms with Gasteiger partial charge in [-0.05, 0) is 37.3 Å². The largest absolute Gasteiger partial charge is 0.493 e. The van der Waals surface area contributed by atoms with Crippen LogP contribution in [0.5, 0.6) is 11.5 Å². The van der Waals surface area contributed by atoms with Gasteiger partial charge in [0.05, 0.1) is 18.6 Å². The minimum absolute atomic E-state index is 0.0669. The van der Waals surface area contributed by atoms with Crippen molar-refractivity contribution < 1.29 is 24.5 Å². The molecule has 1 spiro atoms. The van der Waals surface area contributed by atoms with Crippen molar-refractivity contribution in [3.8, 4) is 11.5 Å².